The zero-order valence-corrected chi connectivity index (χ0v) is 7.42. The molecular formula is C9H18N2O. The Morgan fingerprint density at radius 3 is 2.75 bits per heavy atom. The molecule has 2 rings (SSSR count). The molecule has 1 heterocycles. The highest BCUT2D eigenvalue weighted by atomic mass is 16.3. The molecule has 2 aliphatic rings. The van der Waals surface area contributed by atoms with Gasteiger partial charge in [0.25, 0.3) is 0 Å². The van der Waals surface area contributed by atoms with E-state index in [0.29, 0.717) is 6.04 Å². The Labute approximate surface area is 73.3 Å². The van der Waals surface area contributed by atoms with Crippen LogP contribution in [-0.2, 0) is 0 Å². The fraction of sp³-hybridized carbons (Fsp3) is 1.00. The zero-order chi connectivity index (χ0) is 8.60. The Morgan fingerprint density at radius 1 is 1.42 bits per heavy atom. The van der Waals surface area contributed by atoms with Gasteiger partial charge in [-0.25, -0.2) is 0 Å². The molecule has 0 radical (unpaired) electrons. The Bertz CT molecular complexity index is 168. The van der Waals surface area contributed by atoms with E-state index in [2.05, 4.69) is 5.32 Å². The molecule has 1 saturated heterocycles. The summed E-state index contributed by atoms with van der Waals surface area (Å²) in [6, 6.07) is 0.531. The molecule has 0 aromatic heterocycles. The second-order valence-corrected chi connectivity index (χ2v) is 4.26. The summed E-state index contributed by atoms with van der Waals surface area (Å²) < 4.78 is 0. The van der Waals surface area contributed by atoms with Crippen LogP contribution in [0.4, 0.5) is 0 Å². The third kappa shape index (κ3) is 1.37. The lowest BCUT2D eigenvalue weighted by Crippen LogP contribution is -2.46. The van der Waals surface area contributed by atoms with E-state index in [9.17, 15) is 5.11 Å². The molecule has 1 aliphatic heterocycles. The van der Waals surface area contributed by atoms with Crippen LogP contribution in [0.25, 0.3) is 0 Å². The van der Waals surface area contributed by atoms with Gasteiger partial charge in [-0.05, 0) is 38.6 Å². The van der Waals surface area contributed by atoms with Gasteiger partial charge in [0, 0.05) is 12.1 Å². The molecule has 12 heavy (non-hydrogen) atoms. The molecule has 4 N–H and O–H groups in total. The van der Waals surface area contributed by atoms with Crippen molar-refractivity contribution in [1.29, 1.82) is 0 Å². The summed E-state index contributed by atoms with van der Waals surface area (Å²) in [6.07, 6.45) is 4.95. The summed E-state index contributed by atoms with van der Waals surface area (Å²) in [5, 5.41) is 13.6. The van der Waals surface area contributed by atoms with Crippen LogP contribution in [0.3, 0.4) is 0 Å². The van der Waals surface area contributed by atoms with Gasteiger partial charge in [0.05, 0.1) is 5.60 Å². The van der Waals surface area contributed by atoms with E-state index in [4.69, 9.17) is 5.73 Å². The van der Waals surface area contributed by atoms with E-state index < -0.39 is 5.60 Å². The van der Waals surface area contributed by atoms with Crippen molar-refractivity contribution in [1.82, 2.24) is 5.32 Å². The van der Waals surface area contributed by atoms with Crippen LogP contribution in [0.1, 0.15) is 32.1 Å². The first-order chi connectivity index (χ1) is 5.71. The minimum Gasteiger partial charge on any atom is -0.388 e. The molecule has 70 valence electrons. The third-order valence-electron chi connectivity index (χ3n) is 3.27. The first-order valence-corrected chi connectivity index (χ1v) is 4.92. The van der Waals surface area contributed by atoms with Crippen LogP contribution < -0.4 is 11.1 Å². The van der Waals surface area contributed by atoms with E-state index in [0.717, 1.165) is 32.2 Å². The second kappa shape index (κ2) is 2.98. The molecule has 0 aromatic carbocycles. The first kappa shape index (κ1) is 8.48. The Morgan fingerprint density at radius 2 is 2.25 bits per heavy atom. The van der Waals surface area contributed by atoms with Gasteiger partial charge in [0.15, 0.2) is 0 Å². The average Bonchev–Trinajstić information content (AvgIpc) is 2.59. The lowest BCUT2D eigenvalue weighted by atomic mass is 9.91. The molecule has 3 atom stereocenters. The summed E-state index contributed by atoms with van der Waals surface area (Å²) >= 11 is 0. The summed E-state index contributed by atoms with van der Waals surface area (Å²) in [5.74, 6) is 0. The number of nitrogens with one attached hydrogen (secondary N) is 1. The van der Waals surface area contributed by atoms with Crippen LogP contribution in [-0.4, -0.2) is 29.3 Å². The minimum atomic E-state index is -0.490. The van der Waals surface area contributed by atoms with Crippen molar-refractivity contribution >= 4 is 0 Å². The standard InChI is InChI=1S/C9H18N2O/c10-7-3-4-9(12,6-7)8-2-1-5-11-8/h7-8,11-12H,1-6,10H2. The van der Waals surface area contributed by atoms with E-state index in [1.165, 1.54) is 6.42 Å². The van der Waals surface area contributed by atoms with Gasteiger partial charge < -0.3 is 16.2 Å². The van der Waals surface area contributed by atoms with Crippen molar-refractivity contribution in [3.8, 4) is 0 Å². The highest BCUT2D eigenvalue weighted by Crippen LogP contribution is 2.34. The first-order valence-electron chi connectivity index (χ1n) is 4.92. The molecule has 0 bridgehead atoms. The fourth-order valence-corrected chi connectivity index (χ4v) is 2.55. The second-order valence-electron chi connectivity index (χ2n) is 4.26. The lowest BCUT2D eigenvalue weighted by molar-refractivity contribution is 0.0132. The number of rotatable bonds is 1. The van der Waals surface area contributed by atoms with Crippen molar-refractivity contribution in [2.45, 2.75) is 49.8 Å². The SMILES string of the molecule is NC1CCC(O)(C2CCCN2)C1. The molecule has 1 saturated carbocycles. The van der Waals surface area contributed by atoms with Gasteiger partial charge in [0.1, 0.15) is 0 Å². The molecule has 3 unspecified atom stereocenters. The molecular weight excluding hydrogens is 152 g/mol. The summed E-state index contributed by atoms with van der Waals surface area (Å²) in [4.78, 5) is 0. The highest BCUT2D eigenvalue weighted by Gasteiger charge is 2.43. The van der Waals surface area contributed by atoms with Gasteiger partial charge in [-0.15, -0.1) is 0 Å². The number of hydrogen-bond donors (Lipinski definition) is 3. The summed E-state index contributed by atoms with van der Waals surface area (Å²) in [7, 11) is 0. The van der Waals surface area contributed by atoms with Crippen molar-refractivity contribution in [2.24, 2.45) is 5.73 Å². The van der Waals surface area contributed by atoms with Gasteiger partial charge in [-0.1, -0.05) is 0 Å². The molecule has 0 aromatic rings. The molecule has 0 spiro atoms. The number of aliphatic hydroxyl groups is 1. The fourth-order valence-electron chi connectivity index (χ4n) is 2.55. The predicted molar refractivity (Wildman–Crippen MR) is 47.8 cm³/mol. The van der Waals surface area contributed by atoms with Crippen LogP contribution in [0.2, 0.25) is 0 Å². The van der Waals surface area contributed by atoms with Gasteiger partial charge in [0.2, 0.25) is 0 Å². The maximum atomic E-state index is 10.2. The average molecular weight is 170 g/mol. The molecule has 0 amide bonds. The van der Waals surface area contributed by atoms with Crippen molar-refractivity contribution in [3.05, 3.63) is 0 Å². The zero-order valence-electron chi connectivity index (χ0n) is 7.42. The van der Waals surface area contributed by atoms with E-state index >= 15 is 0 Å². The van der Waals surface area contributed by atoms with Gasteiger partial charge in [-0.3, -0.25) is 0 Å². The normalized spacial score (nSPS) is 48.5. The largest absolute Gasteiger partial charge is 0.388 e. The van der Waals surface area contributed by atoms with E-state index in [-0.39, 0.29) is 6.04 Å². The number of nitrogens with two attached hydrogens (primary N) is 1. The Kier molecular flexibility index (Phi) is 2.10. The van der Waals surface area contributed by atoms with Crippen molar-refractivity contribution in [2.75, 3.05) is 6.54 Å². The summed E-state index contributed by atoms with van der Waals surface area (Å²) in [5.41, 5.74) is 5.30. The minimum absolute atomic E-state index is 0.220. The van der Waals surface area contributed by atoms with E-state index in [1.54, 1.807) is 0 Å². The van der Waals surface area contributed by atoms with Crippen LogP contribution in [0.15, 0.2) is 0 Å². The summed E-state index contributed by atoms with van der Waals surface area (Å²) in [6.45, 7) is 1.06. The molecule has 2 fully saturated rings. The quantitative estimate of drug-likeness (QED) is 0.518. The monoisotopic (exact) mass is 170 g/mol. The predicted octanol–water partition coefficient (Wildman–Crippen LogP) is -0.0193. The van der Waals surface area contributed by atoms with Crippen molar-refractivity contribution < 1.29 is 5.11 Å². The highest BCUT2D eigenvalue weighted by molar-refractivity contribution is 5.01. The lowest BCUT2D eigenvalue weighted by Gasteiger charge is -2.29. The Hall–Kier alpha value is -0.120. The van der Waals surface area contributed by atoms with Crippen LogP contribution in [0, 0.1) is 0 Å². The smallest absolute Gasteiger partial charge is 0.0815 e. The topological polar surface area (TPSA) is 58.3 Å². The van der Waals surface area contributed by atoms with Crippen LogP contribution in [0.5, 0.6) is 0 Å². The van der Waals surface area contributed by atoms with Crippen LogP contribution >= 0.6 is 0 Å². The number of hydrogen-bond acceptors (Lipinski definition) is 3. The maximum absolute atomic E-state index is 10.2. The third-order valence-corrected chi connectivity index (χ3v) is 3.27. The molecule has 3 nitrogen and oxygen atoms in total. The molecule has 1 aliphatic carbocycles. The van der Waals surface area contributed by atoms with Crippen molar-refractivity contribution in [3.63, 3.8) is 0 Å². The van der Waals surface area contributed by atoms with Gasteiger partial charge >= 0.3 is 0 Å². The van der Waals surface area contributed by atoms with E-state index in [1.807, 2.05) is 0 Å². The Balaban J connectivity index is 2.00. The van der Waals surface area contributed by atoms with Gasteiger partial charge in [-0.2, -0.15) is 0 Å². The maximum Gasteiger partial charge on any atom is 0.0815 e. The molecule has 3 heteroatoms.